The van der Waals surface area contributed by atoms with E-state index in [1.54, 1.807) is 18.2 Å². The van der Waals surface area contributed by atoms with Crippen LogP contribution in [0.25, 0.3) is 5.69 Å². The number of halogens is 1. The van der Waals surface area contributed by atoms with Gasteiger partial charge in [-0.05, 0) is 12.1 Å². The van der Waals surface area contributed by atoms with E-state index in [0.717, 1.165) is 6.20 Å². The van der Waals surface area contributed by atoms with E-state index in [2.05, 4.69) is 15.5 Å². The van der Waals surface area contributed by atoms with Crippen LogP contribution < -0.4 is 5.32 Å². The minimum absolute atomic E-state index is 0.0731. The van der Waals surface area contributed by atoms with E-state index in [1.807, 2.05) is 0 Å². The van der Waals surface area contributed by atoms with Crippen LogP contribution in [0.5, 0.6) is 0 Å². The summed E-state index contributed by atoms with van der Waals surface area (Å²) in [4.78, 5) is 22.0. The molecule has 0 radical (unpaired) electrons. The van der Waals surface area contributed by atoms with Crippen LogP contribution in [0, 0.1) is 15.9 Å². The van der Waals surface area contributed by atoms with Gasteiger partial charge in [-0.15, -0.1) is 0 Å². The first kappa shape index (κ1) is 16.3. The van der Waals surface area contributed by atoms with Crippen molar-refractivity contribution >= 4 is 17.3 Å². The highest BCUT2D eigenvalue weighted by Gasteiger charge is 2.11. The normalized spacial score (nSPS) is 10.6. The van der Waals surface area contributed by atoms with Crippen LogP contribution >= 0.6 is 0 Å². The number of nitro groups is 1. The van der Waals surface area contributed by atoms with Gasteiger partial charge < -0.3 is 5.32 Å². The van der Waals surface area contributed by atoms with Crippen LogP contribution in [0.4, 0.5) is 15.8 Å². The van der Waals surface area contributed by atoms with Crippen molar-refractivity contribution in [1.29, 1.82) is 0 Å². The molecule has 1 N–H and O–H groups in total. The van der Waals surface area contributed by atoms with E-state index in [1.165, 1.54) is 34.0 Å². The zero-order valence-corrected chi connectivity index (χ0v) is 12.9. The molecule has 0 bridgehead atoms. The highest BCUT2D eigenvalue weighted by Crippen LogP contribution is 2.15. The Balaban J connectivity index is 1.58. The van der Waals surface area contributed by atoms with Crippen LogP contribution in [0.3, 0.4) is 0 Å². The molecule has 0 atom stereocenters. The van der Waals surface area contributed by atoms with Gasteiger partial charge in [0.2, 0.25) is 5.91 Å². The molecule has 2 aromatic heterocycles. The van der Waals surface area contributed by atoms with E-state index < -0.39 is 10.7 Å². The van der Waals surface area contributed by atoms with Gasteiger partial charge in [-0.2, -0.15) is 10.2 Å². The average molecular weight is 344 g/mol. The van der Waals surface area contributed by atoms with Crippen molar-refractivity contribution in [2.24, 2.45) is 0 Å². The number of benzene rings is 1. The van der Waals surface area contributed by atoms with Crippen LogP contribution in [0.1, 0.15) is 6.42 Å². The monoisotopic (exact) mass is 344 g/mol. The summed E-state index contributed by atoms with van der Waals surface area (Å²) in [6.45, 7) is 0.196. The number of rotatable bonds is 6. The number of nitrogens with one attached hydrogen (secondary N) is 1. The second kappa shape index (κ2) is 6.91. The Labute approximate surface area is 140 Å². The Bertz CT molecular complexity index is 919. The molecule has 10 heteroatoms. The second-order valence-electron chi connectivity index (χ2n) is 5.14. The maximum Gasteiger partial charge on any atom is 0.306 e. The van der Waals surface area contributed by atoms with E-state index in [9.17, 15) is 19.3 Å². The number of nitrogens with zero attached hydrogens (tertiary/aromatic N) is 5. The predicted molar refractivity (Wildman–Crippen MR) is 85.7 cm³/mol. The van der Waals surface area contributed by atoms with Gasteiger partial charge >= 0.3 is 5.69 Å². The molecule has 0 saturated carbocycles. The molecule has 25 heavy (non-hydrogen) atoms. The number of aromatic nitrogens is 4. The van der Waals surface area contributed by atoms with Gasteiger partial charge in [0.1, 0.15) is 23.9 Å². The number of hydrogen-bond donors (Lipinski definition) is 1. The van der Waals surface area contributed by atoms with Crippen molar-refractivity contribution in [3.8, 4) is 5.69 Å². The van der Waals surface area contributed by atoms with Gasteiger partial charge in [0, 0.05) is 13.0 Å². The molecule has 9 nitrogen and oxygen atoms in total. The molecule has 128 valence electrons. The minimum atomic E-state index is -0.555. The van der Waals surface area contributed by atoms with Crippen LogP contribution in [0.15, 0.2) is 49.1 Å². The van der Waals surface area contributed by atoms with Gasteiger partial charge in [-0.1, -0.05) is 12.1 Å². The van der Waals surface area contributed by atoms with E-state index in [4.69, 9.17) is 0 Å². The van der Waals surface area contributed by atoms with Gasteiger partial charge in [-0.3, -0.25) is 19.6 Å². The lowest BCUT2D eigenvalue weighted by molar-refractivity contribution is -0.385. The molecule has 0 aliphatic carbocycles. The molecule has 3 aromatic rings. The molecule has 1 aromatic carbocycles. The highest BCUT2D eigenvalue weighted by molar-refractivity contribution is 5.90. The maximum absolute atomic E-state index is 13.7. The van der Waals surface area contributed by atoms with Gasteiger partial charge in [0.15, 0.2) is 0 Å². The zero-order valence-electron chi connectivity index (χ0n) is 12.9. The third-order valence-corrected chi connectivity index (χ3v) is 3.36. The lowest BCUT2D eigenvalue weighted by atomic mass is 10.3. The summed E-state index contributed by atoms with van der Waals surface area (Å²) >= 11 is 0. The van der Waals surface area contributed by atoms with Crippen molar-refractivity contribution in [1.82, 2.24) is 19.6 Å². The molecule has 2 heterocycles. The minimum Gasteiger partial charge on any atom is -0.323 e. The lowest BCUT2D eigenvalue weighted by Crippen LogP contribution is -2.14. The molecule has 0 unspecified atom stereocenters. The zero-order chi connectivity index (χ0) is 17.8. The quantitative estimate of drug-likeness (QED) is 0.544. The van der Waals surface area contributed by atoms with Gasteiger partial charge in [0.25, 0.3) is 0 Å². The summed E-state index contributed by atoms with van der Waals surface area (Å²) in [6, 6.07) is 6.14. The summed E-state index contributed by atoms with van der Waals surface area (Å²) in [5.41, 5.74) is 0.554. The molecule has 0 saturated heterocycles. The standard InChI is InChI=1S/C15H13FN6O3/c16-13-3-1-2-4-14(13)21-9-11(7-18-21)19-15(23)5-6-20-10-12(8-17-20)22(24)25/h1-4,7-10H,5-6H2,(H,19,23). The third kappa shape index (κ3) is 3.86. The smallest absolute Gasteiger partial charge is 0.306 e. The number of amides is 1. The Morgan fingerprint density at radius 2 is 2.04 bits per heavy atom. The number of carbonyl (C=O) groups excluding carboxylic acids is 1. The SMILES string of the molecule is O=C(CCn1cc([N+](=O)[O-])cn1)Nc1cnn(-c2ccccc2F)c1. The van der Waals surface area contributed by atoms with Crippen molar-refractivity contribution < 1.29 is 14.1 Å². The van der Waals surface area contributed by atoms with Crippen LogP contribution in [0.2, 0.25) is 0 Å². The molecule has 3 rings (SSSR count). The number of carbonyl (C=O) groups is 1. The Hall–Kier alpha value is -3.56. The van der Waals surface area contributed by atoms with E-state index in [-0.39, 0.29) is 30.2 Å². The molecular weight excluding hydrogens is 331 g/mol. The first-order valence-electron chi connectivity index (χ1n) is 7.29. The van der Waals surface area contributed by atoms with Gasteiger partial charge in [0.05, 0.1) is 23.0 Å². The van der Waals surface area contributed by atoms with Crippen molar-refractivity contribution in [3.05, 3.63) is 65.0 Å². The van der Waals surface area contributed by atoms with E-state index in [0.29, 0.717) is 5.69 Å². The molecular formula is C15H13FN6O3. The summed E-state index contributed by atoms with van der Waals surface area (Å²) < 4.78 is 16.3. The average Bonchev–Trinajstić information content (AvgIpc) is 3.23. The van der Waals surface area contributed by atoms with Crippen molar-refractivity contribution in [2.75, 3.05) is 5.32 Å². The topological polar surface area (TPSA) is 108 Å². The van der Waals surface area contributed by atoms with Crippen LogP contribution in [-0.2, 0) is 11.3 Å². The number of aryl methyl sites for hydroxylation is 1. The summed E-state index contributed by atoms with van der Waals surface area (Å²) in [6.07, 6.45) is 5.35. The van der Waals surface area contributed by atoms with Crippen molar-refractivity contribution in [3.63, 3.8) is 0 Å². The van der Waals surface area contributed by atoms with Gasteiger partial charge in [-0.25, -0.2) is 9.07 Å². The molecule has 0 spiro atoms. The molecule has 0 aliphatic rings. The Kier molecular flexibility index (Phi) is 4.50. The van der Waals surface area contributed by atoms with Crippen LogP contribution in [-0.4, -0.2) is 30.4 Å². The summed E-state index contributed by atoms with van der Waals surface area (Å²) in [5, 5.41) is 21.0. The fourth-order valence-corrected chi connectivity index (χ4v) is 2.17. The first-order valence-corrected chi connectivity index (χ1v) is 7.29. The Morgan fingerprint density at radius 1 is 1.24 bits per heavy atom. The Morgan fingerprint density at radius 3 is 2.76 bits per heavy atom. The lowest BCUT2D eigenvalue weighted by Gasteiger charge is -2.03. The molecule has 1 amide bonds. The number of anilines is 1. The maximum atomic E-state index is 13.7. The second-order valence-corrected chi connectivity index (χ2v) is 5.14. The fourth-order valence-electron chi connectivity index (χ4n) is 2.17. The fraction of sp³-hybridized carbons (Fsp3) is 0.133. The largest absolute Gasteiger partial charge is 0.323 e. The summed E-state index contributed by atoms with van der Waals surface area (Å²) in [5.74, 6) is -0.741. The molecule has 0 aliphatic heterocycles. The van der Waals surface area contributed by atoms with E-state index >= 15 is 0 Å². The number of hydrogen-bond acceptors (Lipinski definition) is 5. The molecule has 0 fully saturated rings. The third-order valence-electron chi connectivity index (χ3n) is 3.36. The number of para-hydroxylation sites is 1. The highest BCUT2D eigenvalue weighted by atomic mass is 19.1. The first-order chi connectivity index (χ1) is 12.0. The van der Waals surface area contributed by atoms with Crippen molar-refractivity contribution in [2.45, 2.75) is 13.0 Å². The summed E-state index contributed by atoms with van der Waals surface area (Å²) in [7, 11) is 0. The predicted octanol–water partition coefficient (Wildman–Crippen LogP) is 2.14.